The quantitative estimate of drug-likeness (QED) is 0.592. The van der Waals surface area contributed by atoms with Gasteiger partial charge in [-0.3, -0.25) is 0 Å². The number of rotatable bonds is 3. The molecule has 0 spiro atoms. The molecule has 0 unspecified atom stereocenters. The van der Waals surface area contributed by atoms with Crippen LogP contribution in [0.15, 0.2) is 36.4 Å². The van der Waals surface area contributed by atoms with Gasteiger partial charge in [-0.05, 0) is 17.2 Å². The second-order valence-corrected chi connectivity index (χ2v) is 5.07. The van der Waals surface area contributed by atoms with Crippen LogP contribution in [0.4, 0.5) is 0 Å². The number of aliphatic hydroxyl groups excluding tert-OH is 3. The topological polar surface area (TPSA) is 122 Å². The average molecular weight is 289 g/mol. The van der Waals surface area contributed by atoms with E-state index in [1.165, 1.54) is 18.2 Å². The molecule has 4 atom stereocenters. The van der Waals surface area contributed by atoms with Crippen LogP contribution < -0.4 is 0 Å². The first-order chi connectivity index (χ1) is 9.90. The largest absolute Gasteiger partial charge is 0.478 e. The second kappa shape index (κ2) is 5.30. The fraction of sp³-hybridized carbons (Fsp3) is 0.333. The maximum atomic E-state index is 11.3. The zero-order chi connectivity index (χ0) is 15.8. The fourth-order valence-corrected chi connectivity index (χ4v) is 2.85. The molecular formula is C15H15NO5. The van der Waals surface area contributed by atoms with Crippen molar-refractivity contribution in [2.24, 2.45) is 5.41 Å². The minimum absolute atomic E-state index is 0.0402. The molecule has 21 heavy (non-hydrogen) atoms. The van der Waals surface area contributed by atoms with Crippen molar-refractivity contribution in [1.29, 1.82) is 5.26 Å². The van der Waals surface area contributed by atoms with Crippen LogP contribution in [0.3, 0.4) is 0 Å². The van der Waals surface area contributed by atoms with Crippen molar-refractivity contribution in [3.05, 3.63) is 47.5 Å². The molecular weight excluding hydrogens is 274 g/mol. The molecule has 1 aliphatic carbocycles. The summed E-state index contributed by atoms with van der Waals surface area (Å²) in [6.45, 7) is 3.01. The first-order valence-electron chi connectivity index (χ1n) is 6.30. The van der Waals surface area contributed by atoms with Crippen LogP contribution >= 0.6 is 0 Å². The average Bonchev–Trinajstić information content (AvgIpc) is 2.67. The van der Waals surface area contributed by atoms with Gasteiger partial charge < -0.3 is 20.4 Å². The molecule has 0 bridgehead atoms. The van der Waals surface area contributed by atoms with E-state index < -0.39 is 36.1 Å². The Balaban J connectivity index is 2.59. The van der Waals surface area contributed by atoms with Crippen LogP contribution in [0.25, 0.3) is 0 Å². The van der Waals surface area contributed by atoms with E-state index in [2.05, 4.69) is 6.58 Å². The third-order valence-corrected chi connectivity index (χ3v) is 4.09. The summed E-state index contributed by atoms with van der Waals surface area (Å²) in [5.41, 5.74) is -1.37. The van der Waals surface area contributed by atoms with Gasteiger partial charge in [-0.25, -0.2) is 4.79 Å². The Bertz CT molecular complexity index is 635. The van der Waals surface area contributed by atoms with Gasteiger partial charge in [0, 0.05) is 5.92 Å². The number of carboxylic acids is 1. The van der Waals surface area contributed by atoms with Crippen molar-refractivity contribution in [1.82, 2.24) is 0 Å². The predicted molar refractivity (Wildman–Crippen MR) is 72.4 cm³/mol. The monoisotopic (exact) mass is 289 g/mol. The Morgan fingerprint density at radius 3 is 2.48 bits per heavy atom. The van der Waals surface area contributed by atoms with Crippen LogP contribution in [0.1, 0.15) is 21.8 Å². The Hall–Kier alpha value is -2.20. The molecule has 2 rings (SSSR count). The smallest absolute Gasteiger partial charge is 0.335 e. The third kappa shape index (κ3) is 2.03. The first kappa shape index (κ1) is 15.2. The summed E-state index contributed by atoms with van der Waals surface area (Å²) >= 11 is 0. The van der Waals surface area contributed by atoms with Crippen molar-refractivity contribution in [2.45, 2.75) is 18.1 Å². The summed E-state index contributed by atoms with van der Waals surface area (Å²) in [6, 6.07) is 7.80. The van der Waals surface area contributed by atoms with Crippen molar-refractivity contribution >= 4 is 5.97 Å². The zero-order valence-electron chi connectivity index (χ0n) is 11.1. The molecule has 0 aliphatic heterocycles. The Morgan fingerprint density at radius 2 is 2.00 bits per heavy atom. The van der Waals surface area contributed by atoms with Crippen molar-refractivity contribution < 1.29 is 25.2 Å². The Morgan fingerprint density at radius 1 is 1.38 bits per heavy atom. The summed E-state index contributed by atoms with van der Waals surface area (Å²) in [5, 5.41) is 48.2. The third-order valence-electron chi connectivity index (χ3n) is 4.09. The lowest BCUT2D eigenvalue weighted by Crippen LogP contribution is -2.38. The van der Waals surface area contributed by atoms with Gasteiger partial charge >= 0.3 is 5.97 Å². The number of hydrogen-bond donors (Lipinski definition) is 4. The number of carbonyl (C=O) groups is 1. The van der Waals surface area contributed by atoms with Gasteiger partial charge in [-0.2, -0.15) is 5.26 Å². The van der Waals surface area contributed by atoms with E-state index in [1.807, 2.05) is 0 Å². The number of benzene rings is 1. The van der Waals surface area contributed by atoms with E-state index in [-0.39, 0.29) is 16.7 Å². The molecule has 0 amide bonds. The van der Waals surface area contributed by atoms with E-state index in [1.54, 1.807) is 12.1 Å². The highest BCUT2D eigenvalue weighted by Gasteiger charge is 2.56. The van der Waals surface area contributed by atoms with Crippen molar-refractivity contribution in [3.8, 4) is 6.07 Å². The standard InChI is InChI=1S/C15H15NO5/c1-8-11(9-4-2-3-5-10(9)14(20)21)12(18)13(19)15(8,6-16)7-17/h2-5,11-13,17-19H,1,7H2,(H,20,21)/t11-,12+,13-,15-/m0/s1. The molecule has 1 aliphatic rings. The molecule has 0 saturated heterocycles. The molecule has 1 saturated carbocycles. The first-order valence-corrected chi connectivity index (χ1v) is 6.30. The minimum atomic E-state index is -1.70. The van der Waals surface area contributed by atoms with Gasteiger partial charge in [0.15, 0.2) is 0 Å². The summed E-state index contributed by atoms with van der Waals surface area (Å²) in [7, 11) is 0. The Kier molecular flexibility index (Phi) is 3.83. The highest BCUT2D eigenvalue weighted by Crippen LogP contribution is 2.50. The van der Waals surface area contributed by atoms with Crippen LogP contribution in [-0.4, -0.2) is 45.2 Å². The lowest BCUT2D eigenvalue weighted by Gasteiger charge is -2.23. The normalized spacial score (nSPS) is 31.9. The number of nitriles is 1. The van der Waals surface area contributed by atoms with Gasteiger partial charge in [-0.15, -0.1) is 0 Å². The summed E-state index contributed by atoms with van der Waals surface area (Å²) in [4.78, 5) is 11.3. The zero-order valence-corrected chi connectivity index (χ0v) is 11.1. The number of nitrogens with zero attached hydrogens (tertiary/aromatic N) is 1. The Labute approximate surface area is 121 Å². The van der Waals surface area contributed by atoms with Crippen LogP contribution in [-0.2, 0) is 0 Å². The molecule has 1 aromatic rings. The molecule has 0 heterocycles. The molecule has 110 valence electrons. The van der Waals surface area contributed by atoms with Crippen LogP contribution in [0, 0.1) is 16.7 Å². The van der Waals surface area contributed by atoms with Crippen LogP contribution in [0.2, 0.25) is 0 Å². The fourth-order valence-electron chi connectivity index (χ4n) is 2.85. The molecule has 6 heteroatoms. The van der Waals surface area contributed by atoms with Gasteiger partial charge in [-0.1, -0.05) is 24.8 Å². The van der Waals surface area contributed by atoms with E-state index in [9.17, 15) is 30.5 Å². The van der Waals surface area contributed by atoms with E-state index >= 15 is 0 Å². The van der Waals surface area contributed by atoms with Crippen LogP contribution in [0.5, 0.6) is 0 Å². The lowest BCUT2D eigenvalue weighted by molar-refractivity contribution is -0.0183. The van der Waals surface area contributed by atoms with E-state index in [4.69, 9.17) is 0 Å². The summed E-state index contributed by atoms with van der Waals surface area (Å²) in [6.07, 6.45) is -2.95. The SMILES string of the molecule is C=C1[C@@H](c2ccccc2C(=O)O)[C@@H](O)[C@H](O)[C@@]1(C#N)CO. The van der Waals surface area contributed by atoms with E-state index in [0.717, 1.165) is 0 Å². The molecule has 0 radical (unpaired) electrons. The highest BCUT2D eigenvalue weighted by molar-refractivity contribution is 5.90. The maximum Gasteiger partial charge on any atom is 0.335 e. The minimum Gasteiger partial charge on any atom is -0.478 e. The predicted octanol–water partition coefficient (Wildman–Crippen LogP) is 0.262. The summed E-state index contributed by atoms with van der Waals surface area (Å²) in [5.74, 6) is -2.11. The highest BCUT2D eigenvalue weighted by atomic mass is 16.4. The van der Waals surface area contributed by atoms with Gasteiger partial charge in [0.2, 0.25) is 0 Å². The molecule has 1 fully saturated rings. The lowest BCUT2D eigenvalue weighted by atomic mass is 9.80. The summed E-state index contributed by atoms with van der Waals surface area (Å²) < 4.78 is 0. The molecule has 1 aromatic carbocycles. The number of carboxylic acid groups (broad SMARTS) is 1. The van der Waals surface area contributed by atoms with Gasteiger partial charge in [0.05, 0.1) is 24.3 Å². The maximum absolute atomic E-state index is 11.3. The van der Waals surface area contributed by atoms with Crippen molar-refractivity contribution in [3.63, 3.8) is 0 Å². The number of aromatic carboxylic acids is 1. The van der Waals surface area contributed by atoms with Gasteiger partial charge in [0.25, 0.3) is 0 Å². The van der Waals surface area contributed by atoms with Gasteiger partial charge in [0.1, 0.15) is 11.5 Å². The molecule has 0 aromatic heterocycles. The number of hydrogen-bond acceptors (Lipinski definition) is 5. The molecule has 6 nitrogen and oxygen atoms in total. The second-order valence-electron chi connectivity index (χ2n) is 5.07. The van der Waals surface area contributed by atoms with Crippen molar-refractivity contribution in [2.75, 3.05) is 6.61 Å². The molecule has 4 N–H and O–H groups in total. The van der Waals surface area contributed by atoms with E-state index in [0.29, 0.717) is 0 Å². The number of aliphatic hydroxyl groups is 3.